The fraction of sp³-hybridized carbons (Fsp3) is 0.476. The highest BCUT2D eigenvalue weighted by atomic mass is 16.6. The number of hydrogen-bond donors (Lipinski definition) is 1. The van der Waals surface area contributed by atoms with Gasteiger partial charge in [-0.25, -0.2) is 0 Å². The summed E-state index contributed by atoms with van der Waals surface area (Å²) in [6.45, 7) is 5.23. The Bertz CT molecular complexity index is 816. The van der Waals surface area contributed by atoms with E-state index in [-0.39, 0.29) is 11.5 Å². The molecule has 1 atom stereocenters. The third-order valence-electron chi connectivity index (χ3n) is 4.94. The molecule has 1 aliphatic carbocycles. The van der Waals surface area contributed by atoms with Crippen LogP contribution in [-0.4, -0.2) is 25.4 Å². The third kappa shape index (κ3) is 4.90. The Balaban J connectivity index is 1.87. The van der Waals surface area contributed by atoms with E-state index in [2.05, 4.69) is 10.0 Å². The Morgan fingerprint density at radius 1 is 1.11 bits per heavy atom. The first kappa shape index (κ1) is 19.5. The molecule has 3 rings (SSSR count). The van der Waals surface area contributed by atoms with Gasteiger partial charge in [0, 0.05) is 30.1 Å². The van der Waals surface area contributed by atoms with Crippen LogP contribution >= 0.6 is 0 Å². The first-order valence-electron chi connectivity index (χ1n) is 9.29. The minimum atomic E-state index is -0.107. The van der Waals surface area contributed by atoms with Gasteiger partial charge in [-0.2, -0.15) is 5.48 Å². The van der Waals surface area contributed by atoms with Crippen LogP contribution in [0.25, 0.3) is 0 Å². The van der Waals surface area contributed by atoms with Crippen molar-refractivity contribution in [1.82, 2.24) is 10.0 Å². The van der Waals surface area contributed by atoms with E-state index >= 15 is 0 Å². The quantitative estimate of drug-likeness (QED) is 0.685. The Labute approximate surface area is 160 Å². The molecule has 2 aromatic rings. The second-order valence-electron chi connectivity index (χ2n) is 7.12. The highest BCUT2D eigenvalue weighted by Gasteiger charge is 2.23. The van der Waals surface area contributed by atoms with Crippen LogP contribution in [0.1, 0.15) is 35.8 Å². The second-order valence-corrected chi connectivity index (χ2v) is 7.12. The number of nitrogens with zero attached hydrogens (tertiary/aromatic N) is 1. The zero-order valence-corrected chi connectivity index (χ0v) is 16.5. The molecular weight excluding hydrogens is 344 g/mol. The molecule has 1 aromatic heterocycles. The third-order valence-corrected chi connectivity index (χ3v) is 4.94. The molecule has 0 saturated heterocycles. The fourth-order valence-electron chi connectivity index (χ4n) is 3.23. The smallest absolute Gasteiger partial charge is 0.182 e. The maximum absolute atomic E-state index is 11.7. The predicted octanol–water partition coefficient (Wildman–Crippen LogP) is 3.15. The van der Waals surface area contributed by atoms with Gasteiger partial charge in [0.2, 0.25) is 0 Å². The van der Waals surface area contributed by atoms with Crippen LogP contribution in [0.2, 0.25) is 0 Å². The van der Waals surface area contributed by atoms with Crippen molar-refractivity contribution < 1.29 is 14.3 Å². The van der Waals surface area contributed by atoms with E-state index in [0.29, 0.717) is 12.5 Å². The van der Waals surface area contributed by atoms with E-state index in [1.165, 1.54) is 12.8 Å². The summed E-state index contributed by atoms with van der Waals surface area (Å²) in [7, 11) is 3.25. The first-order chi connectivity index (χ1) is 13.0. The number of hydroxylamine groups is 1. The van der Waals surface area contributed by atoms with Crippen molar-refractivity contribution in [2.24, 2.45) is 5.92 Å². The zero-order valence-electron chi connectivity index (χ0n) is 16.5. The molecule has 146 valence electrons. The molecule has 1 saturated carbocycles. The van der Waals surface area contributed by atoms with Gasteiger partial charge < -0.3 is 18.9 Å². The molecule has 1 heterocycles. The summed E-state index contributed by atoms with van der Waals surface area (Å²) in [5.41, 5.74) is 5.95. The number of pyridine rings is 1. The van der Waals surface area contributed by atoms with Crippen LogP contribution in [0.15, 0.2) is 35.1 Å². The van der Waals surface area contributed by atoms with E-state index in [1.807, 2.05) is 32.0 Å². The summed E-state index contributed by atoms with van der Waals surface area (Å²) in [4.78, 5) is 16.9. The van der Waals surface area contributed by atoms with Crippen LogP contribution in [0.3, 0.4) is 0 Å². The molecule has 0 radical (unpaired) electrons. The topological polar surface area (TPSA) is 61.7 Å². The lowest BCUT2D eigenvalue weighted by Crippen LogP contribution is -2.27. The van der Waals surface area contributed by atoms with Gasteiger partial charge in [0.05, 0.1) is 26.9 Å². The Kier molecular flexibility index (Phi) is 6.19. The molecule has 0 aliphatic heterocycles. The van der Waals surface area contributed by atoms with E-state index in [4.69, 9.17) is 14.3 Å². The van der Waals surface area contributed by atoms with Gasteiger partial charge in [0.25, 0.3) is 0 Å². The maximum atomic E-state index is 11.7. The maximum Gasteiger partial charge on any atom is 0.182 e. The number of benzene rings is 1. The molecule has 6 heteroatoms. The van der Waals surface area contributed by atoms with Gasteiger partial charge >= 0.3 is 0 Å². The van der Waals surface area contributed by atoms with Crippen molar-refractivity contribution in [2.45, 2.75) is 39.3 Å². The largest absolute Gasteiger partial charge is 0.493 e. The molecule has 0 spiro atoms. The SMILES string of the molecule is CONC(Cn1c(C)cc(=O)cc1C)c1ccc(OC)c(OCC2CC2)c1. The zero-order chi connectivity index (χ0) is 19.4. The number of hydrogen-bond acceptors (Lipinski definition) is 5. The minimum Gasteiger partial charge on any atom is -0.493 e. The van der Waals surface area contributed by atoms with Crippen molar-refractivity contribution in [3.8, 4) is 11.5 Å². The number of ether oxygens (including phenoxy) is 2. The normalized spacial score (nSPS) is 14.8. The van der Waals surface area contributed by atoms with Gasteiger partial charge in [0.15, 0.2) is 16.9 Å². The average Bonchev–Trinajstić information content (AvgIpc) is 3.46. The first-order valence-corrected chi connectivity index (χ1v) is 9.29. The summed E-state index contributed by atoms with van der Waals surface area (Å²) in [6.07, 6.45) is 2.47. The van der Waals surface area contributed by atoms with E-state index in [1.54, 1.807) is 26.4 Å². The molecule has 1 N–H and O–H groups in total. The predicted molar refractivity (Wildman–Crippen MR) is 104 cm³/mol. The summed E-state index contributed by atoms with van der Waals surface area (Å²) in [6, 6.07) is 9.12. The van der Waals surface area contributed by atoms with E-state index in [0.717, 1.165) is 35.1 Å². The lowest BCUT2D eigenvalue weighted by atomic mass is 10.1. The number of nitrogens with one attached hydrogen (secondary N) is 1. The van der Waals surface area contributed by atoms with Gasteiger partial charge in [-0.1, -0.05) is 6.07 Å². The number of rotatable bonds is 9. The Morgan fingerprint density at radius 2 is 1.81 bits per heavy atom. The van der Waals surface area contributed by atoms with Gasteiger partial charge in [-0.15, -0.1) is 0 Å². The summed E-state index contributed by atoms with van der Waals surface area (Å²) < 4.78 is 13.5. The highest BCUT2D eigenvalue weighted by Crippen LogP contribution is 2.34. The average molecular weight is 372 g/mol. The molecule has 1 unspecified atom stereocenters. The number of aromatic nitrogens is 1. The molecule has 1 aliphatic rings. The van der Waals surface area contributed by atoms with Crippen LogP contribution in [0.5, 0.6) is 11.5 Å². The number of aryl methyl sites for hydroxylation is 2. The summed E-state index contributed by atoms with van der Waals surface area (Å²) >= 11 is 0. The van der Waals surface area contributed by atoms with Crippen LogP contribution in [0, 0.1) is 19.8 Å². The van der Waals surface area contributed by atoms with Crippen LogP contribution < -0.4 is 20.4 Å². The fourth-order valence-corrected chi connectivity index (χ4v) is 3.23. The molecule has 0 amide bonds. The lowest BCUT2D eigenvalue weighted by Gasteiger charge is -2.23. The number of methoxy groups -OCH3 is 1. The van der Waals surface area contributed by atoms with Crippen molar-refractivity contribution in [3.05, 3.63) is 57.5 Å². The minimum absolute atomic E-state index is 0.0257. The van der Waals surface area contributed by atoms with Crippen molar-refractivity contribution in [2.75, 3.05) is 20.8 Å². The van der Waals surface area contributed by atoms with E-state index in [9.17, 15) is 4.79 Å². The monoisotopic (exact) mass is 372 g/mol. The van der Waals surface area contributed by atoms with Gasteiger partial charge in [-0.05, 0) is 50.3 Å². The van der Waals surface area contributed by atoms with E-state index < -0.39 is 0 Å². The Morgan fingerprint density at radius 3 is 2.41 bits per heavy atom. The van der Waals surface area contributed by atoms with Crippen LogP contribution in [-0.2, 0) is 11.4 Å². The van der Waals surface area contributed by atoms with Gasteiger partial charge in [-0.3, -0.25) is 4.79 Å². The molecular formula is C21H28N2O4. The second kappa shape index (κ2) is 8.59. The molecule has 6 nitrogen and oxygen atoms in total. The van der Waals surface area contributed by atoms with Crippen molar-refractivity contribution in [1.29, 1.82) is 0 Å². The molecule has 0 bridgehead atoms. The lowest BCUT2D eigenvalue weighted by molar-refractivity contribution is 0.0545. The van der Waals surface area contributed by atoms with Crippen molar-refractivity contribution >= 4 is 0 Å². The molecule has 27 heavy (non-hydrogen) atoms. The summed E-state index contributed by atoms with van der Waals surface area (Å²) in [5, 5.41) is 0. The van der Waals surface area contributed by atoms with Gasteiger partial charge in [0.1, 0.15) is 0 Å². The molecule has 1 fully saturated rings. The van der Waals surface area contributed by atoms with Crippen molar-refractivity contribution in [3.63, 3.8) is 0 Å². The Hall–Kier alpha value is -2.31. The van der Waals surface area contributed by atoms with Crippen LogP contribution in [0.4, 0.5) is 0 Å². The molecule has 1 aromatic carbocycles. The summed E-state index contributed by atoms with van der Waals surface area (Å²) in [5.74, 6) is 2.14. The highest BCUT2D eigenvalue weighted by molar-refractivity contribution is 5.44. The standard InChI is InChI=1S/C21H28N2O4/c1-14-9-18(24)10-15(2)23(14)12-19(22-26-4)17-7-8-20(25-3)21(11-17)27-13-16-5-6-16/h7-11,16,19,22H,5-6,12-13H2,1-4H3.